The Labute approximate surface area is 181 Å². The number of carbonyl (C=O) groups excluding carboxylic acids is 1. The largest absolute Gasteiger partial charge is 0.480 e. The van der Waals surface area contributed by atoms with Gasteiger partial charge in [0.25, 0.3) is 5.91 Å². The van der Waals surface area contributed by atoms with Crippen molar-refractivity contribution in [3.8, 4) is 17.2 Å². The van der Waals surface area contributed by atoms with Gasteiger partial charge in [-0.3, -0.25) is 9.69 Å². The number of nitrogens with zero attached hydrogens (tertiary/aromatic N) is 2. The third-order valence-electron chi connectivity index (χ3n) is 5.93. The predicted molar refractivity (Wildman–Crippen MR) is 118 cm³/mol. The normalized spacial score (nSPS) is 17.0. The van der Waals surface area contributed by atoms with Crippen LogP contribution in [0.4, 0.5) is 0 Å². The van der Waals surface area contributed by atoms with E-state index in [1.807, 2.05) is 66.4 Å². The number of carbonyl (C=O) groups is 1. The predicted octanol–water partition coefficient (Wildman–Crippen LogP) is 3.68. The number of hydrogen-bond donors (Lipinski definition) is 0. The summed E-state index contributed by atoms with van der Waals surface area (Å²) in [5.41, 5.74) is 1.19. The maximum atomic E-state index is 13.0. The molecule has 0 saturated carbocycles. The molecule has 0 radical (unpaired) electrons. The van der Waals surface area contributed by atoms with Crippen LogP contribution in [0.5, 0.6) is 17.2 Å². The van der Waals surface area contributed by atoms with Crippen molar-refractivity contribution in [1.82, 2.24) is 9.80 Å². The summed E-state index contributed by atoms with van der Waals surface area (Å²) in [6, 6.07) is 20.1. The molecule has 0 spiro atoms. The Morgan fingerprint density at radius 2 is 1.74 bits per heavy atom. The van der Waals surface area contributed by atoms with Crippen molar-refractivity contribution >= 4 is 16.7 Å². The summed E-state index contributed by atoms with van der Waals surface area (Å²) in [4.78, 5) is 17.3. The Bertz CT molecular complexity index is 1090. The van der Waals surface area contributed by atoms with Gasteiger partial charge in [-0.15, -0.1) is 0 Å². The lowest BCUT2D eigenvalue weighted by atomic mass is 10.1. The molecule has 3 aromatic rings. The minimum atomic E-state index is -0.522. The van der Waals surface area contributed by atoms with Crippen LogP contribution >= 0.6 is 0 Å². The van der Waals surface area contributed by atoms with Gasteiger partial charge in [-0.1, -0.05) is 42.5 Å². The number of rotatable bonds is 5. The maximum absolute atomic E-state index is 13.0. The average Bonchev–Trinajstić information content (AvgIpc) is 3.27. The number of fused-ring (bicyclic) bond motifs is 2. The topological polar surface area (TPSA) is 51.2 Å². The van der Waals surface area contributed by atoms with E-state index in [1.165, 1.54) is 5.56 Å². The second-order valence-electron chi connectivity index (χ2n) is 8.03. The quantitative estimate of drug-likeness (QED) is 0.633. The van der Waals surface area contributed by atoms with E-state index in [9.17, 15) is 4.79 Å². The molecule has 1 saturated heterocycles. The molecule has 3 aromatic carbocycles. The van der Waals surface area contributed by atoms with Gasteiger partial charge in [0.05, 0.1) is 0 Å². The third-order valence-corrected chi connectivity index (χ3v) is 5.93. The molecule has 2 aliphatic rings. The van der Waals surface area contributed by atoms with Crippen LogP contribution in [0.2, 0.25) is 0 Å². The summed E-state index contributed by atoms with van der Waals surface area (Å²) in [6.07, 6.45) is -0.522. The summed E-state index contributed by atoms with van der Waals surface area (Å²) < 4.78 is 16.9. The molecule has 31 heavy (non-hydrogen) atoms. The first-order valence-corrected chi connectivity index (χ1v) is 10.7. The molecule has 160 valence electrons. The molecule has 0 aliphatic carbocycles. The fourth-order valence-corrected chi connectivity index (χ4v) is 4.22. The molecule has 1 fully saturated rings. The van der Waals surface area contributed by atoms with E-state index in [0.717, 1.165) is 47.7 Å². The fourth-order valence-electron chi connectivity index (χ4n) is 4.22. The molecule has 0 N–H and O–H groups in total. The third kappa shape index (κ3) is 4.16. The lowest BCUT2D eigenvalue weighted by molar-refractivity contribution is -0.139. The second kappa shape index (κ2) is 8.47. The zero-order valence-electron chi connectivity index (χ0n) is 17.6. The number of hydrogen-bond acceptors (Lipinski definition) is 5. The minimum absolute atomic E-state index is 0.0377. The minimum Gasteiger partial charge on any atom is -0.480 e. The number of piperazine rings is 1. The first-order valence-electron chi connectivity index (χ1n) is 10.7. The monoisotopic (exact) mass is 418 g/mol. The van der Waals surface area contributed by atoms with E-state index in [2.05, 4.69) is 11.0 Å². The molecule has 2 heterocycles. The van der Waals surface area contributed by atoms with Crippen LogP contribution in [0.1, 0.15) is 12.5 Å². The molecule has 0 aromatic heterocycles. The zero-order chi connectivity index (χ0) is 21.2. The van der Waals surface area contributed by atoms with Crippen LogP contribution in [-0.2, 0) is 11.3 Å². The molecule has 6 heteroatoms. The SMILES string of the molecule is C[C@@H](Oc1cccc2ccccc12)C(=O)N1CCN(Cc2ccc3c(c2)OCO3)CC1. The molecule has 5 rings (SSSR count). The fraction of sp³-hybridized carbons (Fsp3) is 0.320. The van der Waals surface area contributed by atoms with Gasteiger partial charge in [0.2, 0.25) is 6.79 Å². The van der Waals surface area contributed by atoms with Crippen LogP contribution in [0.25, 0.3) is 10.8 Å². The molecule has 1 amide bonds. The summed E-state index contributed by atoms with van der Waals surface area (Å²) in [5.74, 6) is 2.40. The summed E-state index contributed by atoms with van der Waals surface area (Å²) >= 11 is 0. The number of amides is 1. The van der Waals surface area contributed by atoms with Crippen LogP contribution in [0.15, 0.2) is 60.7 Å². The van der Waals surface area contributed by atoms with Crippen LogP contribution in [0.3, 0.4) is 0 Å². The van der Waals surface area contributed by atoms with Crippen molar-refractivity contribution < 1.29 is 19.0 Å². The Morgan fingerprint density at radius 1 is 0.968 bits per heavy atom. The highest BCUT2D eigenvalue weighted by Gasteiger charge is 2.26. The van der Waals surface area contributed by atoms with E-state index in [4.69, 9.17) is 14.2 Å². The van der Waals surface area contributed by atoms with Crippen molar-refractivity contribution in [1.29, 1.82) is 0 Å². The van der Waals surface area contributed by atoms with Gasteiger partial charge in [-0.05, 0) is 36.1 Å². The second-order valence-corrected chi connectivity index (χ2v) is 8.03. The van der Waals surface area contributed by atoms with Gasteiger partial charge >= 0.3 is 0 Å². The van der Waals surface area contributed by atoms with Crippen molar-refractivity contribution in [3.05, 3.63) is 66.2 Å². The Morgan fingerprint density at radius 3 is 2.61 bits per heavy atom. The lowest BCUT2D eigenvalue weighted by Gasteiger charge is -2.36. The van der Waals surface area contributed by atoms with Gasteiger partial charge in [-0.2, -0.15) is 0 Å². The highest BCUT2D eigenvalue weighted by molar-refractivity contribution is 5.89. The Hall–Kier alpha value is -3.25. The van der Waals surface area contributed by atoms with Crippen LogP contribution in [-0.4, -0.2) is 54.8 Å². The molecule has 2 aliphatic heterocycles. The zero-order valence-corrected chi connectivity index (χ0v) is 17.6. The summed E-state index contributed by atoms with van der Waals surface area (Å²) in [6.45, 7) is 6.03. The Kier molecular flexibility index (Phi) is 5.38. The summed E-state index contributed by atoms with van der Waals surface area (Å²) in [7, 11) is 0. The highest BCUT2D eigenvalue weighted by Crippen LogP contribution is 2.33. The van der Waals surface area contributed by atoms with Crippen molar-refractivity contribution in [3.63, 3.8) is 0 Å². The van der Waals surface area contributed by atoms with E-state index < -0.39 is 6.10 Å². The molecular formula is C25H26N2O4. The smallest absolute Gasteiger partial charge is 0.263 e. The van der Waals surface area contributed by atoms with Crippen LogP contribution in [0, 0.1) is 0 Å². The van der Waals surface area contributed by atoms with Crippen LogP contribution < -0.4 is 14.2 Å². The van der Waals surface area contributed by atoms with Gasteiger partial charge in [0, 0.05) is 38.1 Å². The van der Waals surface area contributed by atoms with E-state index in [0.29, 0.717) is 19.9 Å². The molecule has 1 atom stereocenters. The summed E-state index contributed by atoms with van der Waals surface area (Å²) in [5, 5.41) is 2.13. The molecule has 6 nitrogen and oxygen atoms in total. The van der Waals surface area contributed by atoms with Gasteiger partial charge in [0.15, 0.2) is 17.6 Å². The standard InChI is InChI=1S/C25H26N2O4/c1-18(31-22-8-4-6-20-5-2-3-7-21(20)22)25(28)27-13-11-26(12-14-27)16-19-9-10-23-24(15-19)30-17-29-23/h2-10,15,18H,11-14,16-17H2,1H3/t18-/m1/s1. The van der Waals surface area contributed by atoms with Gasteiger partial charge < -0.3 is 19.1 Å². The van der Waals surface area contributed by atoms with Gasteiger partial charge in [-0.25, -0.2) is 0 Å². The lowest BCUT2D eigenvalue weighted by Crippen LogP contribution is -2.51. The van der Waals surface area contributed by atoms with E-state index in [-0.39, 0.29) is 5.91 Å². The molecule has 0 unspecified atom stereocenters. The molecular weight excluding hydrogens is 392 g/mol. The van der Waals surface area contributed by atoms with Crippen molar-refractivity contribution in [2.45, 2.75) is 19.6 Å². The maximum Gasteiger partial charge on any atom is 0.263 e. The number of benzene rings is 3. The van der Waals surface area contributed by atoms with Crippen molar-refractivity contribution in [2.75, 3.05) is 33.0 Å². The van der Waals surface area contributed by atoms with E-state index in [1.54, 1.807) is 0 Å². The molecule has 0 bridgehead atoms. The van der Waals surface area contributed by atoms with Gasteiger partial charge in [0.1, 0.15) is 5.75 Å². The average molecular weight is 418 g/mol. The first kappa shape index (κ1) is 19.7. The highest BCUT2D eigenvalue weighted by atomic mass is 16.7. The van der Waals surface area contributed by atoms with Crippen molar-refractivity contribution in [2.24, 2.45) is 0 Å². The first-order chi connectivity index (χ1) is 15.2. The van der Waals surface area contributed by atoms with E-state index >= 15 is 0 Å². The number of ether oxygens (including phenoxy) is 3. The Balaban J connectivity index is 1.17.